The molecule has 0 aliphatic rings. The number of likely N-dealkylation sites (N-methyl/N-ethyl adjacent to an activating group) is 1. The first-order chi connectivity index (χ1) is 11.4. The van der Waals surface area contributed by atoms with Crippen LogP contribution in [0.4, 0.5) is 0 Å². The molecule has 0 atom stereocenters. The molecule has 0 N–H and O–H groups in total. The van der Waals surface area contributed by atoms with E-state index < -0.39 is 0 Å². The summed E-state index contributed by atoms with van der Waals surface area (Å²) in [6.45, 7) is 11.1. The summed E-state index contributed by atoms with van der Waals surface area (Å²) in [6, 6.07) is 7.16. The van der Waals surface area contributed by atoms with Gasteiger partial charge in [-0.25, -0.2) is 4.98 Å². The van der Waals surface area contributed by atoms with Crippen molar-refractivity contribution in [3.05, 3.63) is 57.0 Å². The number of ether oxygens (including phenoxy) is 1. The van der Waals surface area contributed by atoms with Crippen LogP contribution in [0.25, 0.3) is 0 Å². The molecule has 128 valence electrons. The molecule has 1 heterocycles. The van der Waals surface area contributed by atoms with Crippen molar-refractivity contribution >= 4 is 28.8 Å². The van der Waals surface area contributed by atoms with Crippen LogP contribution in [0.5, 0.6) is 5.75 Å². The molecular weight excluding hydrogens is 344 g/mol. The lowest BCUT2D eigenvalue weighted by molar-refractivity contribution is 0.0782. The molecule has 0 fully saturated rings. The summed E-state index contributed by atoms with van der Waals surface area (Å²) in [7, 11) is 0. The first-order valence-corrected chi connectivity index (χ1v) is 8.88. The average Bonchev–Trinajstić information content (AvgIpc) is 2.92. The highest BCUT2D eigenvalue weighted by Crippen LogP contribution is 2.23. The molecule has 0 spiro atoms. The molecule has 2 aromatic rings. The number of aryl methyl sites for hydroxylation is 1. The Balaban J connectivity index is 2.07. The normalized spacial score (nSPS) is 10.5. The predicted molar refractivity (Wildman–Crippen MR) is 99.0 cm³/mol. The molecule has 4 nitrogen and oxygen atoms in total. The minimum absolute atomic E-state index is 0.00626. The van der Waals surface area contributed by atoms with Crippen LogP contribution in [0.2, 0.25) is 5.02 Å². The van der Waals surface area contributed by atoms with Gasteiger partial charge in [-0.1, -0.05) is 23.8 Å². The zero-order valence-corrected chi connectivity index (χ0v) is 15.7. The lowest BCUT2D eigenvalue weighted by Gasteiger charge is -2.20. The molecule has 6 heteroatoms. The monoisotopic (exact) mass is 364 g/mol. The molecule has 1 amide bonds. The highest BCUT2D eigenvalue weighted by atomic mass is 35.5. The van der Waals surface area contributed by atoms with Gasteiger partial charge < -0.3 is 9.64 Å². The second kappa shape index (κ2) is 8.31. The number of amides is 1. The second-order valence-electron chi connectivity index (χ2n) is 5.54. The van der Waals surface area contributed by atoms with Crippen LogP contribution in [-0.4, -0.2) is 28.9 Å². The standard InChI is InChI=1S/C18H21ClN2O2S/c1-5-21(10-12(2)3)18(22)17-13(4)20-16(24-17)11-23-15-8-6-14(19)7-9-15/h6-9H,2,5,10-11H2,1,3-4H3. The number of carbonyl (C=O) groups excluding carboxylic acids is 1. The van der Waals surface area contributed by atoms with Gasteiger partial charge in [0.25, 0.3) is 5.91 Å². The van der Waals surface area contributed by atoms with Crippen molar-refractivity contribution in [3.8, 4) is 5.75 Å². The van der Waals surface area contributed by atoms with Crippen molar-refractivity contribution in [2.24, 2.45) is 0 Å². The second-order valence-corrected chi connectivity index (χ2v) is 7.06. The minimum atomic E-state index is -0.00626. The van der Waals surface area contributed by atoms with E-state index in [1.165, 1.54) is 11.3 Å². The molecule has 0 saturated heterocycles. The summed E-state index contributed by atoms with van der Waals surface area (Å²) in [5.41, 5.74) is 1.69. The fraction of sp³-hybridized carbons (Fsp3) is 0.333. The van der Waals surface area contributed by atoms with Crippen molar-refractivity contribution in [1.29, 1.82) is 0 Å². The van der Waals surface area contributed by atoms with E-state index in [2.05, 4.69) is 11.6 Å². The van der Waals surface area contributed by atoms with Crippen LogP contribution in [0.1, 0.15) is 34.2 Å². The maximum absolute atomic E-state index is 12.7. The minimum Gasteiger partial charge on any atom is -0.486 e. The number of thiazole rings is 1. The first-order valence-electron chi connectivity index (χ1n) is 7.69. The van der Waals surface area contributed by atoms with E-state index in [0.717, 1.165) is 22.0 Å². The van der Waals surface area contributed by atoms with Crippen molar-refractivity contribution in [2.45, 2.75) is 27.4 Å². The Morgan fingerprint density at radius 1 is 1.38 bits per heavy atom. The van der Waals surface area contributed by atoms with Gasteiger partial charge in [0.15, 0.2) is 0 Å². The van der Waals surface area contributed by atoms with Crippen molar-refractivity contribution in [2.75, 3.05) is 13.1 Å². The van der Waals surface area contributed by atoms with Gasteiger partial charge in [-0.3, -0.25) is 4.79 Å². The summed E-state index contributed by atoms with van der Waals surface area (Å²) in [5, 5.41) is 1.44. The Morgan fingerprint density at radius 3 is 2.62 bits per heavy atom. The molecule has 2 rings (SSSR count). The molecule has 1 aromatic carbocycles. The third kappa shape index (κ3) is 4.82. The average molecular weight is 365 g/mol. The lowest BCUT2D eigenvalue weighted by atomic mass is 10.3. The number of hydrogen-bond acceptors (Lipinski definition) is 4. The highest BCUT2D eigenvalue weighted by molar-refractivity contribution is 7.13. The SMILES string of the molecule is C=C(C)CN(CC)C(=O)c1sc(COc2ccc(Cl)cc2)nc1C. The van der Waals surface area contributed by atoms with Crippen molar-refractivity contribution in [1.82, 2.24) is 9.88 Å². The Morgan fingerprint density at radius 2 is 2.04 bits per heavy atom. The summed E-state index contributed by atoms with van der Waals surface area (Å²) in [5.74, 6) is 0.714. The van der Waals surface area contributed by atoms with E-state index in [9.17, 15) is 4.79 Å². The molecule has 24 heavy (non-hydrogen) atoms. The van der Waals surface area contributed by atoms with E-state index in [4.69, 9.17) is 16.3 Å². The fourth-order valence-corrected chi connectivity index (χ4v) is 3.26. The van der Waals surface area contributed by atoms with Gasteiger partial charge >= 0.3 is 0 Å². The smallest absolute Gasteiger partial charge is 0.266 e. The van der Waals surface area contributed by atoms with Crippen LogP contribution in [0.15, 0.2) is 36.4 Å². The molecule has 0 radical (unpaired) electrons. The Kier molecular flexibility index (Phi) is 6.40. The van der Waals surface area contributed by atoms with E-state index in [-0.39, 0.29) is 5.91 Å². The highest BCUT2D eigenvalue weighted by Gasteiger charge is 2.20. The van der Waals surface area contributed by atoms with Crippen molar-refractivity contribution in [3.63, 3.8) is 0 Å². The number of aromatic nitrogens is 1. The molecule has 0 saturated carbocycles. The van der Waals surface area contributed by atoms with Gasteiger partial charge in [0.2, 0.25) is 0 Å². The number of nitrogens with zero attached hydrogens (tertiary/aromatic N) is 2. The molecule has 1 aromatic heterocycles. The van der Waals surface area contributed by atoms with Gasteiger partial charge in [0, 0.05) is 18.1 Å². The van der Waals surface area contributed by atoms with Crippen LogP contribution < -0.4 is 4.74 Å². The number of hydrogen-bond donors (Lipinski definition) is 0. The van der Waals surface area contributed by atoms with E-state index in [1.807, 2.05) is 20.8 Å². The quantitative estimate of drug-likeness (QED) is 0.667. The Hall–Kier alpha value is -1.85. The summed E-state index contributed by atoms with van der Waals surface area (Å²) in [4.78, 5) is 19.5. The zero-order chi connectivity index (χ0) is 17.7. The molecule has 0 aliphatic carbocycles. The molecule has 0 unspecified atom stereocenters. The van der Waals surface area contributed by atoms with Crippen LogP contribution in [0, 0.1) is 6.92 Å². The predicted octanol–water partition coefficient (Wildman–Crippen LogP) is 4.72. The molecular formula is C18H21ClN2O2S. The topological polar surface area (TPSA) is 42.4 Å². The zero-order valence-electron chi connectivity index (χ0n) is 14.1. The van der Waals surface area contributed by atoms with Gasteiger partial charge in [0.05, 0.1) is 5.69 Å². The maximum Gasteiger partial charge on any atom is 0.266 e. The van der Waals surface area contributed by atoms with Gasteiger partial charge in [-0.15, -0.1) is 11.3 Å². The number of carbonyl (C=O) groups is 1. The van der Waals surface area contributed by atoms with Gasteiger partial charge in [0.1, 0.15) is 22.2 Å². The number of rotatable bonds is 7. The van der Waals surface area contributed by atoms with Crippen LogP contribution >= 0.6 is 22.9 Å². The third-order valence-electron chi connectivity index (χ3n) is 3.34. The number of halogens is 1. The summed E-state index contributed by atoms with van der Waals surface area (Å²) in [6.07, 6.45) is 0. The van der Waals surface area contributed by atoms with Gasteiger partial charge in [-0.2, -0.15) is 0 Å². The third-order valence-corrected chi connectivity index (χ3v) is 4.71. The van der Waals surface area contributed by atoms with Crippen LogP contribution in [-0.2, 0) is 6.61 Å². The Labute approximate surface area is 151 Å². The maximum atomic E-state index is 12.7. The largest absolute Gasteiger partial charge is 0.486 e. The van der Waals surface area contributed by atoms with Crippen LogP contribution in [0.3, 0.4) is 0 Å². The number of benzene rings is 1. The van der Waals surface area contributed by atoms with Crippen molar-refractivity contribution < 1.29 is 9.53 Å². The molecule has 0 bridgehead atoms. The summed E-state index contributed by atoms with van der Waals surface area (Å²) < 4.78 is 5.70. The van der Waals surface area contributed by atoms with E-state index >= 15 is 0 Å². The fourth-order valence-electron chi connectivity index (χ4n) is 2.18. The summed E-state index contributed by atoms with van der Waals surface area (Å²) >= 11 is 7.23. The Bertz CT molecular complexity index is 725. The van der Waals surface area contributed by atoms with Gasteiger partial charge in [-0.05, 0) is 45.0 Å². The van der Waals surface area contributed by atoms with E-state index in [1.54, 1.807) is 29.2 Å². The molecule has 0 aliphatic heterocycles. The van der Waals surface area contributed by atoms with E-state index in [0.29, 0.717) is 29.6 Å². The first kappa shape index (κ1) is 18.5. The lowest BCUT2D eigenvalue weighted by Crippen LogP contribution is -2.32.